The third kappa shape index (κ3) is 2.67. The maximum Gasteiger partial charge on any atom is 0.238 e. The van der Waals surface area contributed by atoms with Crippen molar-refractivity contribution >= 4 is 23.3 Å². The molecule has 0 fully saturated rings. The van der Waals surface area contributed by atoms with E-state index in [1.54, 1.807) is 19.2 Å². The normalized spacial score (nSPS) is 17.7. The summed E-state index contributed by atoms with van der Waals surface area (Å²) in [6, 6.07) is 7.24. The number of thioether (sulfide) groups is 1. The highest BCUT2D eigenvalue weighted by molar-refractivity contribution is 8.04. The van der Waals surface area contributed by atoms with Crippen LogP contribution in [0.2, 0.25) is 0 Å². The van der Waals surface area contributed by atoms with Crippen LogP contribution in [0.5, 0.6) is 5.75 Å². The first-order valence-electron chi connectivity index (χ1n) is 6.31. The second-order valence-corrected chi connectivity index (χ2v) is 5.45. The number of methoxy groups -OCH3 is 1. The van der Waals surface area contributed by atoms with Gasteiger partial charge in [-0.3, -0.25) is 9.59 Å². The Labute approximate surface area is 125 Å². The average Bonchev–Trinajstić information content (AvgIpc) is 2.53. The number of rotatable bonds is 3. The van der Waals surface area contributed by atoms with Crippen LogP contribution in [0, 0.1) is 0 Å². The molecule has 3 rings (SSSR count). The fourth-order valence-corrected chi connectivity index (χ4v) is 2.86. The minimum absolute atomic E-state index is 0.0183. The van der Waals surface area contributed by atoms with Crippen LogP contribution < -0.4 is 4.74 Å². The Hall–Kier alpha value is -2.21. The van der Waals surface area contributed by atoms with Gasteiger partial charge in [0.2, 0.25) is 23.1 Å². The van der Waals surface area contributed by atoms with Gasteiger partial charge >= 0.3 is 0 Å². The molecule has 1 aromatic rings. The maximum atomic E-state index is 12.3. The van der Waals surface area contributed by atoms with Crippen molar-refractivity contribution in [1.82, 2.24) is 0 Å². The van der Waals surface area contributed by atoms with E-state index in [2.05, 4.69) is 0 Å². The molecular weight excluding hydrogens is 292 g/mol. The van der Waals surface area contributed by atoms with Crippen molar-refractivity contribution in [3.63, 3.8) is 0 Å². The minimum Gasteiger partial charge on any atom is -0.497 e. The van der Waals surface area contributed by atoms with Crippen LogP contribution in [0.15, 0.2) is 51.7 Å². The summed E-state index contributed by atoms with van der Waals surface area (Å²) in [5, 5.41) is 0. The molecule has 5 nitrogen and oxygen atoms in total. The van der Waals surface area contributed by atoms with Crippen LogP contribution in [0.25, 0.3) is 0 Å². The van der Waals surface area contributed by atoms with Gasteiger partial charge in [-0.15, -0.1) is 0 Å². The Morgan fingerprint density at radius 2 is 1.71 bits per heavy atom. The molecule has 0 aromatic heterocycles. The molecule has 2 aliphatic rings. The monoisotopic (exact) mass is 304 g/mol. The quantitative estimate of drug-likeness (QED) is 0.797. The Balaban J connectivity index is 1.82. The van der Waals surface area contributed by atoms with E-state index < -0.39 is 0 Å². The molecule has 6 heteroatoms. The average molecular weight is 304 g/mol. The number of Topliss-reactive ketones (excluding diaryl/α,β-unsaturated/α-hetero) is 1. The number of ketones is 2. The summed E-state index contributed by atoms with van der Waals surface area (Å²) in [5.41, 5.74) is 0. The molecule has 1 aromatic carbocycles. The van der Waals surface area contributed by atoms with E-state index in [4.69, 9.17) is 14.2 Å². The molecule has 0 atom stereocenters. The zero-order chi connectivity index (χ0) is 14.8. The van der Waals surface area contributed by atoms with Crippen molar-refractivity contribution in [1.29, 1.82) is 0 Å². The first kappa shape index (κ1) is 13.8. The SMILES string of the molecule is COc1ccc(SC2=CC(=O)C3=C(OCCO3)C2=O)cc1. The number of hydrogen-bond donors (Lipinski definition) is 0. The van der Waals surface area contributed by atoms with Crippen LogP contribution >= 0.6 is 11.8 Å². The standard InChI is InChI=1S/C15H12O5S/c1-18-9-2-4-10(5-3-9)21-12-8-11(16)14-15(13(12)17)20-7-6-19-14/h2-5,8H,6-7H2,1H3. The second-order valence-electron chi connectivity index (χ2n) is 4.33. The summed E-state index contributed by atoms with van der Waals surface area (Å²) >= 11 is 1.22. The molecule has 0 unspecified atom stereocenters. The van der Waals surface area contributed by atoms with Gasteiger partial charge in [0.15, 0.2) is 0 Å². The lowest BCUT2D eigenvalue weighted by molar-refractivity contribution is -0.123. The zero-order valence-electron chi connectivity index (χ0n) is 11.3. The Kier molecular flexibility index (Phi) is 3.70. The van der Waals surface area contributed by atoms with E-state index in [1.807, 2.05) is 12.1 Å². The summed E-state index contributed by atoms with van der Waals surface area (Å²) in [5.74, 6) is 0.119. The lowest BCUT2D eigenvalue weighted by Gasteiger charge is -2.23. The Morgan fingerprint density at radius 1 is 1.05 bits per heavy atom. The number of benzene rings is 1. The highest BCUT2D eigenvalue weighted by Gasteiger charge is 2.34. The highest BCUT2D eigenvalue weighted by Crippen LogP contribution is 2.34. The van der Waals surface area contributed by atoms with E-state index >= 15 is 0 Å². The molecule has 1 heterocycles. The third-order valence-corrected chi connectivity index (χ3v) is 4.02. The number of carbonyl (C=O) groups is 2. The summed E-state index contributed by atoms with van der Waals surface area (Å²) in [7, 11) is 1.59. The lowest BCUT2D eigenvalue weighted by Crippen LogP contribution is -2.27. The third-order valence-electron chi connectivity index (χ3n) is 2.99. The van der Waals surface area contributed by atoms with Gasteiger partial charge in [-0.05, 0) is 24.3 Å². The molecular formula is C15H12O5S. The van der Waals surface area contributed by atoms with Gasteiger partial charge in [-0.2, -0.15) is 0 Å². The van der Waals surface area contributed by atoms with Crippen LogP contribution in [0.4, 0.5) is 0 Å². The first-order valence-corrected chi connectivity index (χ1v) is 7.13. The molecule has 0 bridgehead atoms. The number of allylic oxidation sites excluding steroid dienone is 2. The van der Waals surface area contributed by atoms with Gasteiger partial charge in [-0.25, -0.2) is 0 Å². The minimum atomic E-state index is -0.333. The van der Waals surface area contributed by atoms with Crippen molar-refractivity contribution in [2.45, 2.75) is 4.90 Å². The van der Waals surface area contributed by atoms with Gasteiger partial charge in [-0.1, -0.05) is 11.8 Å². The van der Waals surface area contributed by atoms with Gasteiger partial charge < -0.3 is 14.2 Å². The topological polar surface area (TPSA) is 61.8 Å². The lowest BCUT2D eigenvalue weighted by atomic mass is 10.1. The largest absolute Gasteiger partial charge is 0.497 e. The molecule has 21 heavy (non-hydrogen) atoms. The molecule has 0 amide bonds. The van der Waals surface area contributed by atoms with Crippen LogP contribution in [0.3, 0.4) is 0 Å². The van der Waals surface area contributed by atoms with Crippen molar-refractivity contribution in [3.8, 4) is 5.75 Å². The highest BCUT2D eigenvalue weighted by atomic mass is 32.2. The van der Waals surface area contributed by atoms with E-state index in [9.17, 15) is 9.59 Å². The number of hydrogen-bond acceptors (Lipinski definition) is 6. The van der Waals surface area contributed by atoms with E-state index in [0.717, 1.165) is 10.6 Å². The number of ether oxygens (including phenoxy) is 3. The predicted octanol–water partition coefficient (Wildman–Crippen LogP) is 2.08. The molecule has 1 aliphatic heterocycles. The van der Waals surface area contributed by atoms with Gasteiger partial charge in [0, 0.05) is 11.0 Å². The molecule has 0 spiro atoms. The molecule has 0 radical (unpaired) electrons. The summed E-state index contributed by atoms with van der Waals surface area (Å²) in [6.45, 7) is 0.561. The van der Waals surface area contributed by atoms with Crippen molar-refractivity contribution in [3.05, 3.63) is 46.8 Å². The van der Waals surface area contributed by atoms with Crippen LogP contribution in [0.1, 0.15) is 0 Å². The molecule has 0 saturated heterocycles. The molecule has 0 N–H and O–H groups in total. The van der Waals surface area contributed by atoms with Gasteiger partial charge in [0.25, 0.3) is 0 Å². The van der Waals surface area contributed by atoms with Crippen LogP contribution in [-0.2, 0) is 19.1 Å². The summed E-state index contributed by atoms with van der Waals surface area (Å²) in [6.07, 6.45) is 1.30. The van der Waals surface area contributed by atoms with E-state index in [1.165, 1.54) is 17.8 Å². The smallest absolute Gasteiger partial charge is 0.238 e. The first-order chi connectivity index (χ1) is 10.2. The van der Waals surface area contributed by atoms with E-state index in [0.29, 0.717) is 4.91 Å². The zero-order valence-corrected chi connectivity index (χ0v) is 12.1. The fraction of sp³-hybridized carbons (Fsp3) is 0.200. The van der Waals surface area contributed by atoms with Gasteiger partial charge in [0.05, 0.1) is 12.0 Å². The van der Waals surface area contributed by atoms with Gasteiger partial charge in [0.1, 0.15) is 19.0 Å². The second kappa shape index (κ2) is 5.65. The maximum absolute atomic E-state index is 12.3. The fourth-order valence-electron chi connectivity index (χ4n) is 1.98. The van der Waals surface area contributed by atoms with E-state index in [-0.39, 0.29) is 36.3 Å². The summed E-state index contributed by atoms with van der Waals surface area (Å²) in [4.78, 5) is 25.4. The van der Waals surface area contributed by atoms with Crippen molar-refractivity contribution < 1.29 is 23.8 Å². The molecule has 1 aliphatic carbocycles. The molecule has 108 valence electrons. The van der Waals surface area contributed by atoms with Crippen LogP contribution in [-0.4, -0.2) is 31.9 Å². The number of carbonyl (C=O) groups excluding carboxylic acids is 2. The van der Waals surface area contributed by atoms with Crippen molar-refractivity contribution in [2.24, 2.45) is 0 Å². The Bertz CT molecular complexity index is 657. The Morgan fingerprint density at radius 3 is 2.38 bits per heavy atom. The summed E-state index contributed by atoms with van der Waals surface area (Å²) < 4.78 is 15.6. The molecule has 0 saturated carbocycles. The predicted molar refractivity (Wildman–Crippen MR) is 75.9 cm³/mol. The van der Waals surface area contributed by atoms with Crippen molar-refractivity contribution in [2.75, 3.05) is 20.3 Å².